The number of hydrogen-bond acceptors (Lipinski definition) is 19. The Bertz CT molecular complexity index is 3430. The van der Waals surface area contributed by atoms with E-state index < -0.39 is 168 Å². The molecule has 0 radical (unpaired) electrons. The van der Waals surface area contributed by atoms with Gasteiger partial charge in [-0.25, -0.2) is 9.59 Å². The largest absolute Gasteiger partial charge is 0.461 e. The van der Waals surface area contributed by atoms with Crippen molar-refractivity contribution >= 4 is 92.8 Å². The van der Waals surface area contributed by atoms with Gasteiger partial charge in [0.1, 0.15) is 78.3 Å². The molecule has 580 valence electrons. The van der Waals surface area contributed by atoms with Crippen LogP contribution in [0.3, 0.4) is 0 Å². The highest BCUT2D eigenvalue weighted by Crippen LogP contribution is 2.37. The first kappa shape index (κ1) is 87.6. The number of alkyl carbamates (subject to hydrolysis) is 1. The minimum Gasteiger partial charge on any atom is -0.461 e. The Balaban J connectivity index is 1.52. The first-order valence-electron chi connectivity index (χ1n) is 35.9. The van der Waals surface area contributed by atoms with Gasteiger partial charge in [-0.2, -0.15) is 0 Å². The third-order valence-corrected chi connectivity index (χ3v) is 18.9. The van der Waals surface area contributed by atoms with Gasteiger partial charge in [-0.05, 0) is 94.4 Å². The first-order chi connectivity index (χ1) is 50.2. The summed E-state index contributed by atoms with van der Waals surface area (Å²) in [4.78, 5) is 173. The topological polar surface area (TPSA) is 371 Å². The average Bonchev–Trinajstić information content (AvgIpc) is 0.754. The van der Waals surface area contributed by atoms with Gasteiger partial charge in [0.25, 0.3) is 0 Å². The molecule has 10 N–H and O–H groups in total. The van der Waals surface area contributed by atoms with Crippen molar-refractivity contribution < 1.29 is 81.2 Å². The van der Waals surface area contributed by atoms with E-state index in [2.05, 4.69) is 53.2 Å². The van der Waals surface area contributed by atoms with Crippen molar-refractivity contribution in [1.82, 2.24) is 53.2 Å². The Hall–Kier alpha value is -9.06. The van der Waals surface area contributed by atoms with Crippen LogP contribution in [0, 0.1) is 17.8 Å². The van der Waals surface area contributed by atoms with E-state index in [-0.39, 0.29) is 63.2 Å². The third kappa shape index (κ3) is 30.1. The van der Waals surface area contributed by atoms with Gasteiger partial charge in [0, 0.05) is 24.5 Å². The highest BCUT2D eigenvalue weighted by atomic mass is 33.1. The summed E-state index contributed by atoms with van der Waals surface area (Å²) in [6.07, 6.45) is -2.19. The molecule has 0 aromatic heterocycles. The van der Waals surface area contributed by atoms with E-state index in [4.69, 9.17) is 23.7 Å². The van der Waals surface area contributed by atoms with E-state index >= 15 is 19.2 Å². The van der Waals surface area contributed by atoms with Crippen molar-refractivity contribution in [1.29, 1.82) is 0 Å². The zero-order chi connectivity index (χ0) is 78.2. The van der Waals surface area contributed by atoms with Crippen molar-refractivity contribution in [2.75, 3.05) is 51.1 Å². The van der Waals surface area contributed by atoms with Crippen LogP contribution < -0.4 is 53.2 Å². The predicted octanol–water partition coefficient (Wildman–Crippen LogP) is 5.99. The first-order valence-corrected chi connectivity index (χ1v) is 38.4. The van der Waals surface area contributed by atoms with E-state index in [1.807, 2.05) is 57.2 Å². The molecular weight excluding hydrogens is 1400 g/mol. The lowest BCUT2D eigenvalue weighted by Crippen LogP contribution is -2.62. The Kier molecular flexibility index (Phi) is 36.0. The Labute approximate surface area is 630 Å². The maximum absolute atomic E-state index is 15.6. The lowest BCUT2D eigenvalue weighted by atomic mass is 9.77. The van der Waals surface area contributed by atoms with E-state index in [0.717, 1.165) is 5.75 Å². The Morgan fingerprint density at radius 1 is 0.547 bits per heavy atom. The zero-order valence-electron chi connectivity index (χ0n) is 63.1. The minimum absolute atomic E-state index is 0.00409. The molecule has 1 aliphatic rings. The van der Waals surface area contributed by atoms with E-state index in [1.165, 1.54) is 21.6 Å². The molecule has 0 saturated carbocycles. The predicted molar refractivity (Wildman–Crippen MR) is 404 cm³/mol. The number of esters is 2. The minimum atomic E-state index is -2.02. The van der Waals surface area contributed by atoms with E-state index in [9.17, 15) is 38.4 Å². The summed E-state index contributed by atoms with van der Waals surface area (Å²) in [5, 5.41) is 27.2. The molecule has 4 aromatic carbocycles. The number of benzene rings is 4. The molecule has 4 aromatic rings. The van der Waals surface area contributed by atoms with E-state index in [0.29, 0.717) is 28.7 Å². The maximum Gasteiger partial charge on any atom is 0.408 e. The fraction of sp³-hybridized carbons (Fsp3) is 0.532. The summed E-state index contributed by atoms with van der Waals surface area (Å²) in [7, 11) is 2.96. The average molecular weight is 1510 g/mol. The van der Waals surface area contributed by atoms with E-state index in [1.54, 1.807) is 154 Å². The van der Waals surface area contributed by atoms with Crippen LogP contribution in [0.15, 0.2) is 121 Å². The summed E-state index contributed by atoms with van der Waals surface area (Å²) in [6.45, 7) is 20.9. The van der Waals surface area contributed by atoms with Crippen molar-refractivity contribution in [2.45, 2.75) is 194 Å². The number of amides is 10. The molecule has 5 rings (SSSR count). The fourth-order valence-electron chi connectivity index (χ4n) is 11.2. The molecule has 1 fully saturated rings. The fourth-order valence-corrected chi connectivity index (χ4v) is 13.0. The molecule has 0 spiro atoms. The molecule has 1 saturated heterocycles. The van der Waals surface area contributed by atoms with Crippen LogP contribution in [0.1, 0.15) is 144 Å². The Morgan fingerprint density at radius 2 is 1.06 bits per heavy atom. The second-order valence-corrected chi connectivity index (χ2v) is 31.4. The summed E-state index contributed by atoms with van der Waals surface area (Å²) in [6, 6.07) is 23.5. The summed E-state index contributed by atoms with van der Waals surface area (Å²) in [5.74, 6) is -10.1. The molecular formula is C77H108N10O17S2. The van der Waals surface area contributed by atoms with Gasteiger partial charge in [-0.1, -0.05) is 198 Å². The van der Waals surface area contributed by atoms with Crippen LogP contribution in [-0.4, -0.2) is 182 Å². The summed E-state index contributed by atoms with van der Waals surface area (Å²) >= 11 is 0. The third-order valence-electron chi connectivity index (χ3n) is 16.4. The lowest BCUT2D eigenvalue weighted by Gasteiger charge is -2.37. The highest BCUT2D eigenvalue weighted by molar-refractivity contribution is 8.76. The normalized spacial score (nSPS) is 18.2. The molecule has 0 aliphatic carbocycles. The van der Waals surface area contributed by atoms with Gasteiger partial charge < -0.3 is 76.9 Å². The molecule has 29 heteroatoms. The number of ether oxygens (including phenoxy) is 5. The zero-order valence-corrected chi connectivity index (χ0v) is 64.7. The van der Waals surface area contributed by atoms with Gasteiger partial charge in [0.15, 0.2) is 0 Å². The van der Waals surface area contributed by atoms with Crippen LogP contribution in [0.5, 0.6) is 0 Å². The van der Waals surface area contributed by atoms with Crippen LogP contribution >= 0.6 is 21.6 Å². The molecule has 1 heterocycles. The highest BCUT2D eigenvalue weighted by Gasteiger charge is 2.42. The van der Waals surface area contributed by atoms with Crippen LogP contribution in [-0.2, 0) is 88.4 Å². The maximum atomic E-state index is 15.6. The number of rotatable bonds is 35. The van der Waals surface area contributed by atoms with Crippen molar-refractivity contribution in [3.05, 3.63) is 144 Å². The van der Waals surface area contributed by atoms with Gasteiger partial charge >= 0.3 is 18.0 Å². The molecule has 1 aliphatic heterocycles. The smallest absolute Gasteiger partial charge is 0.408 e. The molecule has 1 unspecified atom stereocenters. The number of carbonyl (C=O) groups is 12. The van der Waals surface area contributed by atoms with Crippen molar-refractivity contribution in [3.63, 3.8) is 0 Å². The SMILES string of the molecule is CCSSC[C@H](NC(=O)OC(C)(C)C)C(=O)NCCOCCOCC(=O)N[C@H](C(=O)N[C@@H](CC(=O)NC(c1ccccc1)(c1ccccc1)c1ccccc1)C(=O)N[C@H]1COC(=O)[C@H](CC(C)C)NC(=O)[C@H](CC(C)C)NC(=O)[C@H](Cc2ccccc2)NC(=O)[C@H](CC(=O)OC(C)(C)C)NC1=O)C(C)CC. The summed E-state index contributed by atoms with van der Waals surface area (Å²) < 4.78 is 28.1. The Morgan fingerprint density at radius 3 is 1.60 bits per heavy atom. The van der Waals surface area contributed by atoms with Gasteiger partial charge in [0.05, 0.1) is 32.7 Å². The van der Waals surface area contributed by atoms with Crippen molar-refractivity contribution in [2.24, 2.45) is 17.8 Å². The van der Waals surface area contributed by atoms with Crippen LogP contribution in [0.4, 0.5) is 4.79 Å². The number of nitrogens with one attached hydrogen (secondary N) is 10. The van der Waals surface area contributed by atoms with Gasteiger partial charge in [-0.15, -0.1) is 0 Å². The lowest BCUT2D eigenvalue weighted by molar-refractivity contribution is -0.156. The van der Waals surface area contributed by atoms with Gasteiger partial charge in [-0.3, -0.25) is 47.9 Å². The second kappa shape index (κ2) is 43.5. The number of cyclic esters (lactones) is 1. The monoisotopic (exact) mass is 1510 g/mol. The molecule has 106 heavy (non-hydrogen) atoms. The molecule has 0 bridgehead atoms. The standard InChI is InChI=1S/C77H108N10O17S2/c1-14-50(7)65(86-63(89)46-101-39-38-100-37-36-78-66(91)61(47-106-105-15-2)85-74(99)104-76(11,12)13)72(97)82-57(43-62(88)87-77(52-30-22-17-23-31-52,53-32-24-18-25-33-53)54-34-26-19-27-35-54)69(94)84-60-45-102-73(98)59(41-49(5)6)83-67(92)55(40-48(3)4)79-68(93)56(42-51-28-20-16-21-29-51)80-70(95)58(81-71(60)96)44-64(90)103-75(8,9)10/h16-35,48-50,55-61,65H,14-15,36-47H2,1-13H3,(H,78,91)(H,79,93)(H,80,95)(H,81,96)(H,82,97)(H,83,92)(H,84,94)(H,85,99)(H,86,89)(H,87,88)/t50?,55-,56-,57-,58-,59-,60-,61-,65-/m0/s1. The van der Waals surface area contributed by atoms with Crippen LogP contribution in [0.2, 0.25) is 0 Å². The molecule has 10 amide bonds. The van der Waals surface area contributed by atoms with Crippen molar-refractivity contribution in [3.8, 4) is 0 Å². The summed E-state index contributed by atoms with van der Waals surface area (Å²) in [5.41, 5.74) is -0.955. The molecule has 27 nitrogen and oxygen atoms in total. The number of carbonyl (C=O) groups excluding carboxylic acids is 12. The van der Waals surface area contributed by atoms with Gasteiger partial charge in [0.2, 0.25) is 53.2 Å². The van der Waals surface area contributed by atoms with Crippen LogP contribution in [0.25, 0.3) is 0 Å². The quantitative estimate of drug-likeness (QED) is 0.00831. The molecule has 9 atom stereocenters. The second-order valence-electron chi connectivity index (χ2n) is 28.6. The number of hydrogen-bond donors (Lipinski definition) is 10.